The maximum absolute atomic E-state index is 13.1. The van der Waals surface area contributed by atoms with E-state index in [1.807, 2.05) is 0 Å². The number of nitrogens with zero attached hydrogens (tertiary/aromatic N) is 2. The molecule has 12 nitrogen and oxygen atoms in total. The van der Waals surface area contributed by atoms with Crippen LogP contribution in [0.1, 0.15) is 58.8 Å². The molecule has 0 radical (unpaired) electrons. The summed E-state index contributed by atoms with van der Waals surface area (Å²) >= 11 is 0. The van der Waals surface area contributed by atoms with E-state index in [1.54, 1.807) is 13.8 Å². The summed E-state index contributed by atoms with van der Waals surface area (Å²) in [6.45, 7) is 4.50. The van der Waals surface area contributed by atoms with Crippen LogP contribution in [0.15, 0.2) is 0 Å². The quantitative estimate of drug-likeness (QED) is 0.208. The topological polar surface area (TPSA) is 188 Å². The number of rotatable bonds is 12. The smallest absolute Gasteiger partial charge is 0.326 e. The van der Waals surface area contributed by atoms with Crippen LogP contribution in [0.2, 0.25) is 0 Å². The molecule has 0 saturated carbocycles. The van der Waals surface area contributed by atoms with Crippen LogP contribution in [-0.2, 0) is 24.0 Å². The van der Waals surface area contributed by atoms with Gasteiger partial charge in [-0.2, -0.15) is 0 Å². The Hall–Kier alpha value is -2.73. The molecule has 0 unspecified atom stereocenters. The van der Waals surface area contributed by atoms with Crippen molar-refractivity contribution in [2.75, 3.05) is 26.2 Å². The fourth-order valence-electron chi connectivity index (χ4n) is 4.60. The van der Waals surface area contributed by atoms with Crippen molar-refractivity contribution < 1.29 is 29.1 Å². The number of carboxylic acid groups (broad SMARTS) is 1. The van der Waals surface area contributed by atoms with Crippen molar-refractivity contribution in [1.29, 1.82) is 0 Å². The van der Waals surface area contributed by atoms with Crippen LogP contribution in [0.5, 0.6) is 0 Å². The Morgan fingerprint density at radius 3 is 2.23 bits per heavy atom. The zero-order chi connectivity index (χ0) is 26.1. The van der Waals surface area contributed by atoms with E-state index in [0.29, 0.717) is 58.2 Å². The summed E-state index contributed by atoms with van der Waals surface area (Å²) in [6, 6.07) is -3.28. The Labute approximate surface area is 206 Å². The van der Waals surface area contributed by atoms with Crippen LogP contribution in [-0.4, -0.2) is 94.9 Å². The average Bonchev–Trinajstić information content (AvgIpc) is 3.50. The third-order valence-electron chi connectivity index (χ3n) is 6.65. The summed E-state index contributed by atoms with van der Waals surface area (Å²) in [6.07, 6.45) is 3.97. The molecule has 4 amide bonds. The number of amides is 4. The molecule has 0 aromatic carbocycles. The minimum atomic E-state index is -1.06. The highest BCUT2D eigenvalue weighted by atomic mass is 16.4. The van der Waals surface area contributed by atoms with E-state index in [9.17, 15) is 29.1 Å². The van der Waals surface area contributed by atoms with E-state index in [-0.39, 0.29) is 12.5 Å². The van der Waals surface area contributed by atoms with Gasteiger partial charge in [-0.25, -0.2) is 4.79 Å². The van der Waals surface area contributed by atoms with Gasteiger partial charge < -0.3 is 37.0 Å². The second-order valence-electron chi connectivity index (χ2n) is 9.61. The van der Waals surface area contributed by atoms with Crippen LogP contribution in [0.4, 0.5) is 0 Å². The van der Waals surface area contributed by atoms with Crippen molar-refractivity contribution in [3.63, 3.8) is 0 Å². The molecule has 7 N–H and O–H groups in total. The lowest BCUT2D eigenvalue weighted by molar-refractivity contribution is -0.150. The molecule has 0 aromatic heterocycles. The molecule has 198 valence electrons. The molecule has 2 saturated heterocycles. The zero-order valence-electron chi connectivity index (χ0n) is 20.7. The molecule has 2 aliphatic rings. The van der Waals surface area contributed by atoms with E-state index in [0.717, 1.165) is 6.42 Å². The van der Waals surface area contributed by atoms with Gasteiger partial charge in [0, 0.05) is 13.1 Å². The summed E-state index contributed by atoms with van der Waals surface area (Å²) in [4.78, 5) is 65.4. The van der Waals surface area contributed by atoms with E-state index in [4.69, 9.17) is 11.5 Å². The number of unbranched alkanes of at least 4 members (excludes halogenated alkanes) is 1. The highest BCUT2D eigenvalue weighted by molar-refractivity contribution is 5.95. The molecule has 2 heterocycles. The third kappa shape index (κ3) is 7.63. The summed E-state index contributed by atoms with van der Waals surface area (Å²) in [5.74, 6) is -3.04. The molecule has 0 aromatic rings. The van der Waals surface area contributed by atoms with Crippen LogP contribution in [0.25, 0.3) is 0 Å². The number of nitrogens with two attached hydrogens (primary N) is 2. The first-order valence-corrected chi connectivity index (χ1v) is 12.4. The highest BCUT2D eigenvalue weighted by Gasteiger charge is 2.41. The van der Waals surface area contributed by atoms with Gasteiger partial charge in [0.15, 0.2) is 0 Å². The number of carbonyl (C=O) groups is 5. The molecular weight excluding hydrogens is 456 g/mol. The highest BCUT2D eigenvalue weighted by Crippen LogP contribution is 2.22. The minimum absolute atomic E-state index is 0.270. The van der Waals surface area contributed by atoms with Gasteiger partial charge in [0.1, 0.15) is 18.1 Å². The van der Waals surface area contributed by atoms with Crippen LogP contribution in [0.3, 0.4) is 0 Å². The molecule has 0 bridgehead atoms. The van der Waals surface area contributed by atoms with Gasteiger partial charge in [0.2, 0.25) is 23.6 Å². The average molecular weight is 497 g/mol. The minimum Gasteiger partial charge on any atom is -0.480 e. The fourth-order valence-corrected chi connectivity index (χ4v) is 4.60. The molecular formula is C23H40N6O6. The van der Waals surface area contributed by atoms with Crippen molar-refractivity contribution in [2.45, 2.75) is 83.0 Å². The normalized spacial score (nSPS) is 21.6. The van der Waals surface area contributed by atoms with Gasteiger partial charge in [0.25, 0.3) is 0 Å². The van der Waals surface area contributed by atoms with E-state index >= 15 is 0 Å². The number of hydrogen-bond acceptors (Lipinski definition) is 7. The molecule has 2 fully saturated rings. The lowest BCUT2D eigenvalue weighted by atomic mass is 10.0. The largest absolute Gasteiger partial charge is 0.480 e. The first kappa shape index (κ1) is 28.5. The van der Waals surface area contributed by atoms with Gasteiger partial charge in [-0.3, -0.25) is 19.2 Å². The maximum Gasteiger partial charge on any atom is 0.326 e. The van der Waals surface area contributed by atoms with Crippen molar-refractivity contribution in [2.24, 2.45) is 17.4 Å². The van der Waals surface area contributed by atoms with Crippen LogP contribution < -0.4 is 22.1 Å². The summed E-state index contributed by atoms with van der Waals surface area (Å²) in [5, 5.41) is 14.7. The Kier molecular flexibility index (Phi) is 10.9. The summed E-state index contributed by atoms with van der Waals surface area (Å²) in [7, 11) is 0. The second-order valence-corrected chi connectivity index (χ2v) is 9.61. The van der Waals surface area contributed by atoms with Crippen molar-refractivity contribution in [1.82, 2.24) is 20.4 Å². The summed E-state index contributed by atoms with van der Waals surface area (Å²) in [5.41, 5.74) is 11.3. The molecule has 2 aliphatic heterocycles. The predicted octanol–water partition coefficient (Wildman–Crippen LogP) is -1.23. The number of carboxylic acids is 1. The molecule has 0 aliphatic carbocycles. The maximum atomic E-state index is 13.1. The number of hydrogen-bond donors (Lipinski definition) is 5. The first-order valence-electron chi connectivity index (χ1n) is 12.4. The Balaban J connectivity index is 1.96. The van der Waals surface area contributed by atoms with Crippen LogP contribution in [0, 0.1) is 5.92 Å². The molecule has 35 heavy (non-hydrogen) atoms. The standard InChI is InChI=1S/C23H40N6O6/c1-14(2)19(22(33)29-12-6-9-17(29)23(34)35)27-21(32)16-8-5-11-28(16)18(30)13-26-20(31)15(25)7-3-4-10-24/h14-17,19H,3-13,24-25H2,1-2H3,(H,26,31)(H,27,32)(H,34,35)/t15-,16-,17-,19-/m0/s1. The number of carbonyl (C=O) groups excluding carboxylic acids is 4. The number of likely N-dealkylation sites (tertiary alicyclic amines) is 2. The third-order valence-corrected chi connectivity index (χ3v) is 6.65. The van der Waals surface area contributed by atoms with Crippen molar-refractivity contribution in [3.05, 3.63) is 0 Å². The van der Waals surface area contributed by atoms with Crippen molar-refractivity contribution >= 4 is 29.6 Å². The summed E-state index contributed by atoms with van der Waals surface area (Å²) < 4.78 is 0. The number of nitrogens with one attached hydrogen (secondary N) is 2. The number of aliphatic carboxylic acids is 1. The van der Waals surface area contributed by atoms with Crippen LogP contribution >= 0.6 is 0 Å². The lowest BCUT2D eigenvalue weighted by Gasteiger charge is -2.31. The van der Waals surface area contributed by atoms with Gasteiger partial charge in [-0.15, -0.1) is 0 Å². The molecule has 4 atom stereocenters. The van der Waals surface area contributed by atoms with Gasteiger partial charge >= 0.3 is 5.97 Å². The lowest BCUT2D eigenvalue weighted by Crippen LogP contribution is -2.57. The Morgan fingerprint density at radius 1 is 1.00 bits per heavy atom. The monoisotopic (exact) mass is 496 g/mol. The van der Waals surface area contributed by atoms with E-state index in [1.165, 1.54) is 9.80 Å². The van der Waals surface area contributed by atoms with E-state index in [2.05, 4.69) is 10.6 Å². The Bertz CT molecular complexity index is 790. The SMILES string of the molecule is CC(C)[C@H](NC(=O)[C@@H]1CCCN1C(=O)CNC(=O)[C@@H](N)CCCCN)C(=O)N1CCC[C@H]1C(=O)O. The second kappa shape index (κ2) is 13.4. The molecule has 2 rings (SSSR count). The fraction of sp³-hybridized carbons (Fsp3) is 0.783. The zero-order valence-corrected chi connectivity index (χ0v) is 20.7. The Morgan fingerprint density at radius 2 is 1.63 bits per heavy atom. The van der Waals surface area contributed by atoms with Crippen molar-refractivity contribution in [3.8, 4) is 0 Å². The van der Waals surface area contributed by atoms with Gasteiger partial charge in [0.05, 0.1) is 12.6 Å². The molecule has 0 spiro atoms. The van der Waals surface area contributed by atoms with Gasteiger partial charge in [-0.05, 0) is 51.0 Å². The first-order chi connectivity index (χ1) is 16.6. The predicted molar refractivity (Wildman–Crippen MR) is 128 cm³/mol. The van der Waals surface area contributed by atoms with E-state index < -0.39 is 53.8 Å². The van der Waals surface area contributed by atoms with Gasteiger partial charge in [-0.1, -0.05) is 20.3 Å². The molecule has 12 heteroatoms.